The number of fused-ring (bicyclic) bond motifs is 1. The van der Waals surface area contributed by atoms with Crippen molar-refractivity contribution in [3.05, 3.63) is 102 Å². The summed E-state index contributed by atoms with van der Waals surface area (Å²) in [4.78, 5) is 41.1. The summed E-state index contributed by atoms with van der Waals surface area (Å²) in [7, 11) is 0. The fraction of sp³-hybridized carbons (Fsp3) is 0.103. The van der Waals surface area contributed by atoms with Crippen molar-refractivity contribution in [2.45, 2.75) is 6.92 Å². The van der Waals surface area contributed by atoms with E-state index in [0.717, 1.165) is 22.2 Å². The molecule has 2 amide bonds. The van der Waals surface area contributed by atoms with Crippen LogP contribution in [0.2, 0.25) is 0 Å². The minimum Gasteiger partial charge on any atom is -0.494 e. The number of esters is 1. The Bertz CT molecular complexity index is 1430. The standard InChI is InChI=1S/C29H25N3O5/c1-2-36-25-15-13-24(14-16-25)32-29(35)22-8-11-23(12-9-22)31-26(33)19-37-27(34)17-10-21-6-3-5-20-7-4-18-30-28(20)21/h3-18H,2,19H2,1H3,(H,31,33)(H,32,35). The van der Waals surface area contributed by atoms with Gasteiger partial charge in [-0.05, 0) is 67.6 Å². The van der Waals surface area contributed by atoms with E-state index in [1.54, 1.807) is 60.8 Å². The molecular formula is C29H25N3O5. The highest BCUT2D eigenvalue weighted by Crippen LogP contribution is 2.18. The molecule has 2 N–H and O–H groups in total. The van der Waals surface area contributed by atoms with Gasteiger partial charge >= 0.3 is 5.97 Å². The molecule has 0 fully saturated rings. The molecule has 0 spiro atoms. The Balaban J connectivity index is 1.25. The topological polar surface area (TPSA) is 107 Å². The maximum absolute atomic E-state index is 12.5. The van der Waals surface area contributed by atoms with Gasteiger partial charge in [0.1, 0.15) is 5.75 Å². The van der Waals surface area contributed by atoms with Crippen LogP contribution in [0.5, 0.6) is 5.75 Å². The number of anilines is 2. The summed E-state index contributed by atoms with van der Waals surface area (Å²) < 4.78 is 10.4. The molecule has 37 heavy (non-hydrogen) atoms. The van der Waals surface area contributed by atoms with Crippen molar-refractivity contribution < 1.29 is 23.9 Å². The van der Waals surface area contributed by atoms with E-state index in [1.165, 1.54) is 6.08 Å². The van der Waals surface area contributed by atoms with E-state index in [0.29, 0.717) is 23.5 Å². The molecule has 0 unspecified atom stereocenters. The normalized spacial score (nSPS) is 10.7. The number of benzene rings is 3. The van der Waals surface area contributed by atoms with Gasteiger partial charge in [-0.1, -0.05) is 24.3 Å². The maximum atomic E-state index is 12.5. The van der Waals surface area contributed by atoms with E-state index in [4.69, 9.17) is 9.47 Å². The van der Waals surface area contributed by atoms with Gasteiger partial charge in [0, 0.05) is 40.2 Å². The van der Waals surface area contributed by atoms with Gasteiger partial charge in [-0.2, -0.15) is 0 Å². The number of hydrogen-bond donors (Lipinski definition) is 2. The van der Waals surface area contributed by atoms with Gasteiger partial charge in [0.05, 0.1) is 12.1 Å². The van der Waals surface area contributed by atoms with E-state index < -0.39 is 18.5 Å². The molecule has 0 bridgehead atoms. The van der Waals surface area contributed by atoms with Crippen molar-refractivity contribution in [3.8, 4) is 5.75 Å². The molecule has 8 nitrogen and oxygen atoms in total. The fourth-order valence-electron chi connectivity index (χ4n) is 3.51. The van der Waals surface area contributed by atoms with Crippen LogP contribution in [0.1, 0.15) is 22.8 Å². The average molecular weight is 496 g/mol. The third kappa shape index (κ3) is 7.02. The second kappa shape index (κ2) is 12.1. The molecule has 1 aromatic heterocycles. The molecular weight excluding hydrogens is 470 g/mol. The molecule has 8 heteroatoms. The minimum atomic E-state index is -0.649. The van der Waals surface area contributed by atoms with E-state index in [-0.39, 0.29) is 5.91 Å². The first-order valence-electron chi connectivity index (χ1n) is 11.6. The third-order valence-corrected chi connectivity index (χ3v) is 5.26. The number of nitrogens with one attached hydrogen (secondary N) is 2. The summed E-state index contributed by atoms with van der Waals surface area (Å²) in [5.74, 6) is -0.710. The summed E-state index contributed by atoms with van der Waals surface area (Å²) in [6.07, 6.45) is 4.55. The van der Waals surface area contributed by atoms with Crippen molar-refractivity contribution in [1.29, 1.82) is 0 Å². The number of carbonyl (C=O) groups excluding carboxylic acids is 3. The van der Waals surface area contributed by atoms with Gasteiger partial charge in [0.2, 0.25) is 0 Å². The summed E-state index contributed by atoms with van der Waals surface area (Å²) >= 11 is 0. The summed E-state index contributed by atoms with van der Waals surface area (Å²) in [5.41, 5.74) is 3.07. The number of carbonyl (C=O) groups is 3. The number of amides is 2. The first kappa shape index (κ1) is 25.1. The zero-order valence-electron chi connectivity index (χ0n) is 20.1. The largest absolute Gasteiger partial charge is 0.494 e. The smallest absolute Gasteiger partial charge is 0.331 e. The molecule has 0 aliphatic rings. The Labute approximate surface area is 213 Å². The third-order valence-electron chi connectivity index (χ3n) is 5.26. The van der Waals surface area contributed by atoms with Crippen LogP contribution >= 0.6 is 0 Å². The number of para-hydroxylation sites is 1. The van der Waals surface area contributed by atoms with Crippen molar-refractivity contribution >= 4 is 46.1 Å². The zero-order chi connectivity index (χ0) is 26.0. The molecule has 3 aromatic carbocycles. The van der Waals surface area contributed by atoms with Crippen molar-refractivity contribution in [2.75, 3.05) is 23.8 Å². The molecule has 0 atom stereocenters. The van der Waals surface area contributed by atoms with Crippen molar-refractivity contribution in [3.63, 3.8) is 0 Å². The number of nitrogens with zero attached hydrogens (tertiary/aromatic N) is 1. The monoisotopic (exact) mass is 495 g/mol. The van der Waals surface area contributed by atoms with Crippen molar-refractivity contribution in [2.24, 2.45) is 0 Å². The summed E-state index contributed by atoms with van der Waals surface area (Å²) in [6.45, 7) is 2.02. The van der Waals surface area contributed by atoms with Crippen LogP contribution in [-0.4, -0.2) is 36.0 Å². The van der Waals surface area contributed by atoms with Gasteiger partial charge in [-0.3, -0.25) is 14.6 Å². The van der Waals surface area contributed by atoms with Gasteiger partial charge in [0.25, 0.3) is 11.8 Å². The number of rotatable bonds is 9. The molecule has 0 aliphatic heterocycles. The molecule has 0 saturated carbocycles. The van der Waals surface area contributed by atoms with Crippen LogP contribution in [0.15, 0.2) is 91.1 Å². The van der Waals surface area contributed by atoms with E-state index in [2.05, 4.69) is 15.6 Å². The van der Waals surface area contributed by atoms with E-state index in [1.807, 2.05) is 37.3 Å². The molecule has 0 radical (unpaired) electrons. The predicted octanol–water partition coefficient (Wildman–Crippen LogP) is 5.08. The Kier molecular flexibility index (Phi) is 8.23. The molecule has 4 aromatic rings. The first-order valence-corrected chi connectivity index (χ1v) is 11.6. The average Bonchev–Trinajstić information content (AvgIpc) is 2.92. The number of pyridine rings is 1. The van der Waals surface area contributed by atoms with Gasteiger partial charge in [0.15, 0.2) is 6.61 Å². The molecule has 0 saturated heterocycles. The maximum Gasteiger partial charge on any atom is 0.331 e. The lowest BCUT2D eigenvalue weighted by molar-refractivity contribution is -0.142. The Morgan fingerprint density at radius 1 is 0.865 bits per heavy atom. The Morgan fingerprint density at radius 3 is 2.32 bits per heavy atom. The second-order valence-corrected chi connectivity index (χ2v) is 7.90. The van der Waals surface area contributed by atoms with Gasteiger partial charge in [-0.15, -0.1) is 0 Å². The lowest BCUT2D eigenvalue weighted by Gasteiger charge is -2.09. The van der Waals surface area contributed by atoms with Crippen molar-refractivity contribution in [1.82, 2.24) is 4.98 Å². The minimum absolute atomic E-state index is 0.288. The highest BCUT2D eigenvalue weighted by Gasteiger charge is 2.09. The van der Waals surface area contributed by atoms with Crippen LogP contribution in [0.3, 0.4) is 0 Å². The summed E-state index contributed by atoms with van der Waals surface area (Å²) in [6, 6.07) is 22.9. The van der Waals surface area contributed by atoms with Crippen LogP contribution in [0, 0.1) is 0 Å². The number of hydrogen-bond acceptors (Lipinski definition) is 6. The molecule has 186 valence electrons. The number of aromatic nitrogens is 1. The van der Waals surface area contributed by atoms with Crippen LogP contribution in [0.25, 0.3) is 17.0 Å². The quantitative estimate of drug-likeness (QED) is 0.248. The Morgan fingerprint density at radius 2 is 1.57 bits per heavy atom. The summed E-state index contributed by atoms with van der Waals surface area (Å²) in [5, 5.41) is 6.39. The molecule has 4 rings (SSSR count). The van der Waals surface area contributed by atoms with Crippen LogP contribution < -0.4 is 15.4 Å². The fourth-order valence-corrected chi connectivity index (χ4v) is 3.51. The predicted molar refractivity (Wildman–Crippen MR) is 142 cm³/mol. The zero-order valence-corrected chi connectivity index (χ0v) is 20.1. The van der Waals surface area contributed by atoms with E-state index >= 15 is 0 Å². The Hall–Kier alpha value is -4.98. The van der Waals surface area contributed by atoms with Crippen LogP contribution in [0.4, 0.5) is 11.4 Å². The second-order valence-electron chi connectivity index (χ2n) is 7.90. The highest BCUT2D eigenvalue weighted by atomic mass is 16.5. The molecule has 1 heterocycles. The van der Waals surface area contributed by atoms with E-state index in [9.17, 15) is 14.4 Å². The molecule has 0 aliphatic carbocycles. The lowest BCUT2D eigenvalue weighted by atomic mass is 10.1. The van der Waals surface area contributed by atoms with Gasteiger partial charge < -0.3 is 20.1 Å². The van der Waals surface area contributed by atoms with Gasteiger partial charge in [-0.25, -0.2) is 4.79 Å². The highest BCUT2D eigenvalue weighted by molar-refractivity contribution is 6.04. The number of ether oxygens (including phenoxy) is 2. The first-order chi connectivity index (χ1) is 18.0. The van der Waals surface area contributed by atoms with Crippen LogP contribution in [-0.2, 0) is 14.3 Å². The SMILES string of the molecule is CCOc1ccc(NC(=O)c2ccc(NC(=O)COC(=O)C=Cc3cccc4cccnc34)cc2)cc1. The lowest BCUT2D eigenvalue weighted by Crippen LogP contribution is -2.20.